The lowest BCUT2D eigenvalue weighted by Crippen LogP contribution is -2.32. The minimum absolute atomic E-state index is 0.0368. The molecule has 0 bridgehead atoms. The van der Waals surface area contributed by atoms with E-state index in [0.717, 1.165) is 6.07 Å². The molecule has 0 fully saturated rings. The fraction of sp³-hybridized carbons (Fsp3) is 0.188. The fourth-order valence-corrected chi connectivity index (χ4v) is 4.46. The van der Waals surface area contributed by atoms with Crippen LogP contribution in [-0.2, 0) is 0 Å². The van der Waals surface area contributed by atoms with Crippen LogP contribution in [0.2, 0.25) is 5.02 Å². The summed E-state index contributed by atoms with van der Waals surface area (Å²) in [7, 11) is 0. The van der Waals surface area contributed by atoms with Gasteiger partial charge in [-0.3, -0.25) is 9.36 Å². The van der Waals surface area contributed by atoms with Crippen molar-refractivity contribution in [2.45, 2.75) is 22.6 Å². The van der Waals surface area contributed by atoms with Crippen molar-refractivity contribution in [3.8, 4) is 5.75 Å². The van der Waals surface area contributed by atoms with Gasteiger partial charge in [-0.25, -0.2) is 0 Å². The second-order valence-corrected chi connectivity index (χ2v) is 8.23. The summed E-state index contributed by atoms with van der Waals surface area (Å²) in [6.07, 6.45) is -5.70. The molecule has 0 saturated heterocycles. The molecule has 0 radical (unpaired) electrons. The number of carbonyl (C=O) groups is 1. The zero-order chi connectivity index (χ0) is 20.1. The van der Waals surface area contributed by atoms with Crippen LogP contribution >= 0.6 is 34.7 Å². The molecular formula is C16H9ClF5NO2S2. The number of benzene rings is 1. The molecule has 3 rings (SSSR count). The number of rotatable bonds is 3. The van der Waals surface area contributed by atoms with E-state index >= 15 is 0 Å². The Hall–Kier alpha value is -1.78. The van der Waals surface area contributed by atoms with Crippen molar-refractivity contribution in [2.24, 2.45) is 0 Å². The third-order valence-electron chi connectivity index (χ3n) is 3.67. The Bertz CT molecular complexity index is 1040. The van der Waals surface area contributed by atoms with Gasteiger partial charge in [0.2, 0.25) is 0 Å². The normalized spacial score (nSPS) is 12.7. The van der Waals surface area contributed by atoms with Crippen LogP contribution in [0.25, 0.3) is 10.9 Å². The van der Waals surface area contributed by atoms with Gasteiger partial charge in [0, 0.05) is 16.5 Å². The SMILES string of the molecule is Cc1cc2c(Cl)c(O)ccc2n1C(=O)c1csc(SC(F)(F)C(F)(F)F)c1. The van der Waals surface area contributed by atoms with Gasteiger partial charge >= 0.3 is 11.4 Å². The summed E-state index contributed by atoms with van der Waals surface area (Å²) < 4.78 is 64.3. The van der Waals surface area contributed by atoms with Crippen molar-refractivity contribution < 1.29 is 31.9 Å². The first kappa shape index (κ1) is 20.0. The number of phenolic OH excluding ortho intramolecular Hbond substituents is 1. The van der Waals surface area contributed by atoms with E-state index in [0.29, 0.717) is 27.9 Å². The zero-order valence-corrected chi connectivity index (χ0v) is 15.7. The molecule has 3 aromatic rings. The largest absolute Gasteiger partial charge is 0.506 e. The summed E-state index contributed by atoms with van der Waals surface area (Å²) in [6, 6.07) is 5.31. The topological polar surface area (TPSA) is 42.2 Å². The number of aromatic nitrogens is 1. The number of thioether (sulfide) groups is 1. The monoisotopic (exact) mass is 441 g/mol. The summed E-state index contributed by atoms with van der Waals surface area (Å²) in [5, 5.41) is 6.38. The Morgan fingerprint density at radius 3 is 2.52 bits per heavy atom. The van der Waals surface area contributed by atoms with Crippen LogP contribution in [0.3, 0.4) is 0 Å². The highest BCUT2D eigenvalue weighted by molar-refractivity contribution is 8.02. The zero-order valence-electron chi connectivity index (χ0n) is 13.3. The molecule has 27 heavy (non-hydrogen) atoms. The van der Waals surface area contributed by atoms with Crippen molar-refractivity contribution in [3.63, 3.8) is 0 Å². The summed E-state index contributed by atoms with van der Waals surface area (Å²) in [4.78, 5) is 12.8. The standard InChI is InChI=1S/C16H9ClF5NO2S2/c1-7-4-9-10(2-3-11(24)13(9)17)23(7)14(25)8-5-12(26-6-8)27-16(21,22)15(18,19)20/h2-6,24H,1H3. The molecule has 144 valence electrons. The highest BCUT2D eigenvalue weighted by Crippen LogP contribution is 2.49. The first-order valence-corrected chi connectivity index (χ1v) is 9.26. The predicted molar refractivity (Wildman–Crippen MR) is 94.3 cm³/mol. The number of thiophene rings is 1. The smallest absolute Gasteiger partial charge is 0.464 e. The molecule has 0 aliphatic carbocycles. The maximum absolute atomic E-state index is 13.2. The number of alkyl halides is 5. The van der Waals surface area contributed by atoms with E-state index < -0.39 is 29.1 Å². The molecular weight excluding hydrogens is 433 g/mol. The molecule has 1 N–H and O–H groups in total. The van der Waals surface area contributed by atoms with Gasteiger partial charge < -0.3 is 5.11 Å². The number of phenols is 1. The number of hydrogen-bond acceptors (Lipinski definition) is 4. The molecule has 0 atom stereocenters. The van der Waals surface area contributed by atoms with Crippen LogP contribution in [0, 0.1) is 6.92 Å². The second-order valence-electron chi connectivity index (χ2n) is 5.53. The maximum atomic E-state index is 13.2. The highest BCUT2D eigenvalue weighted by atomic mass is 35.5. The van der Waals surface area contributed by atoms with E-state index in [-0.39, 0.29) is 20.5 Å². The Kier molecular flexibility index (Phi) is 4.94. The van der Waals surface area contributed by atoms with Crippen LogP contribution in [0.5, 0.6) is 5.75 Å². The van der Waals surface area contributed by atoms with Crippen LogP contribution in [0.15, 0.2) is 33.9 Å². The highest BCUT2D eigenvalue weighted by Gasteiger charge is 2.58. The number of aryl methyl sites for hydroxylation is 1. The lowest BCUT2D eigenvalue weighted by molar-refractivity contribution is -0.237. The lowest BCUT2D eigenvalue weighted by atomic mass is 10.2. The van der Waals surface area contributed by atoms with Gasteiger partial charge in [-0.1, -0.05) is 11.6 Å². The molecule has 0 spiro atoms. The van der Waals surface area contributed by atoms with Crippen LogP contribution in [0.1, 0.15) is 16.1 Å². The number of fused-ring (bicyclic) bond motifs is 1. The minimum Gasteiger partial charge on any atom is -0.506 e. The van der Waals surface area contributed by atoms with Gasteiger partial charge in [0.1, 0.15) is 5.75 Å². The third kappa shape index (κ3) is 3.53. The van der Waals surface area contributed by atoms with E-state index in [9.17, 15) is 31.9 Å². The van der Waals surface area contributed by atoms with Gasteiger partial charge in [0.25, 0.3) is 5.91 Å². The van der Waals surface area contributed by atoms with Gasteiger partial charge in [0.05, 0.1) is 20.3 Å². The van der Waals surface area contributed by atoms with Gasteiger partial charge in [-0.15, -0.1) is 11.3 Å². The Labute approximate surface area is 162 Å². The van der Waals surface area contributed by atoms with E-state index in [1.54, 1.807) is 13.0 Å². The Morgan fingerprint density at radius 1 is 1.22 bits per heavy atom. The molecule has 0 aliphatic heterocycles. The first-order valence-electron chi connectivity index (χ1n) is 7.18. The molecule has 2 heterocycles. The minimum atomic E-state index is -5.70. The van der Waals surface area contributed by atoms with Crippen LogP contribution < -0.4 is 0 Å². The van der Waals surface area contributed by atoms with Crippen molar-refractivity contribution >= 4 is 51.5 Å². The van der Waals surface area contributed by atoms with Gasteiger partial charge in [-0.2, -0.15) is 22.0 Å². The number of carbonyl (C=O) groups excluding carboxylic acids is 1. The van der Waals surface area contributed by atoms with Crippen molar-refractivity contribution in [3.05, 3.63) is 45.9 Å². The predicted octanol–water partition coefficient (Wildman–Crippen LogP) is 6.31. The number of aromatic hydroxyl groups is 1. The number of halogens is 6. The van der Waals surface area contributed by atoms with Crippen LogP contribution in [-0.4, -0.2) is 27.0 Å². The Balaban J connectivity index is 1.97. The van der Waals surface area contributed by atoms with E-state index in [1.165, 1.54) is 22.1 Å². The van der Waals surface area contributed by atoms with E-state index in [1.807, 2.05) is 0 Å². The van der Waals surface area contributed by atoms with E-state index in [4.69, 9.17) is 11.6 Å². The van der Waals surface area contributed by atoms with Gasteiger partial charge in [0.15, 0.2) is 0 Å². The molecule has 11 heteroatoms. The van der Waals surface area contributed by atoms with Crippen LogP contribution in [0.4, 0.5) is 22.0 Å². The second kappa shape index (κ2) is 6.68. The first-order chi connectivity index (χ1) is 12.4. The van der Waals surface area contributed by atoms with Crippen molar-refractivity contribution in [1.29, 1.82) is 0 Å². The molecule has 1 aromatic carbocycles. The third-order valence-corrected chi connectivity index (χ3v) is 6.13. The Morgan fingerprint density at radius 2 is 1.89 bits per heavy atom. The summed E-state index contributed by atoms with van der Waals surface area (Å²) in [5.74, 6) is -0.778. The average molecular weight is 442 g/mol. The van der Waals surface area contributed by atoms with Crippen molar-refractivity contribution in [2.75, 3.05) is 0 Å². The molecule has 2 aromatic heterocycles. The molecule has 0 aliphatic rings. The molecule has 0 amide bonds. The lowest BCUT2D eigenvalue weighted by Gasteiger charge is -2.17. The molecule has 3 nitrogen and oxygen atoms in total. The summed E-state index contributed by atoms with van der Waals surface area (Å²) >= 11 is 5.98. The average Bonchev–Trinajstić information content (AvgIpc) is 3.13. The molecule has 0 saturated carbocycles. The summed E-state index contributed by atoms with van der Waals surface area (Å²) in [5.41, 5.74) is 0.801. The van der Waals surface area contributed by atoms with Crippen molar-refractivity contribution in [1.82, 2.24) is 4.57 Å². The van der Waals surface area contributed by atoms with Gasteiger partial charge in [-0.05, 0) is 43.0 Å². The maximum Gasteiger partial charge on any atom is 0.464 e. The summed E-state index contributed by atoms with van der Waals surface area (Å²) in [6.45, 7) is 1.60. The quantitative estimate of drug-likeness (QED) is 0.383. The number of nitrogens with zero attached hydrogens (tertiary/aromatic N) is 1. The van der Waals surface area contributed by atoms with E-state index in [2.05, 4.69) is 0 Å². The number of hydrogen-bond donors (Lipinski definition) is 1. The fourth-order valence-electron chi connectivity index (χ4n) is 2.43. The molecule has 0 unspecified atom stereocenters.